The molecular weight excluding hydrogens is 308 g/mol. The number of anilines is 1. The third kappa shape index (κ3) is 3.08. The number of hydrogen-bond acceptors (Lipinski definition) is 4. The maximum atomic E-state index is 13.6. The summed E-state index contributed by atoms with van der Waals surface area (Å²) in [6.45, 7) is 0. The van der Waals surface area contributed by atoms with Crippen molar-refractivity contribution in [2.45, 2.75) is 6.18 Å². The summed E-state index contributed by atoms with van der Waals surface area (Å²) < 4.78 is 57.0. The molecule has 0 atom stereocenters. The Bertz CT molecular complexity index is 732. The number of nitrogens with two attached hydrogens (primary N) is 1. The van der Waals surface area contributed by atoms with Crippen molar-refractivity contribution in [3.8, 4) is 11.5 Å². The molecule has 0 saturated heterocycles. The van der Waals surface area contributed by atoms with Gasteiger partial charge in [0.1, 0.15) is 17.0 Å². The van der Waals surface area contributed by atoms with Crippen molar-refractivity contribution >= 4 is 11.4 Å². The van der Waals surface area contributed by atoms with Crippen LogP contribution in [0, 0.1) is 15.9 Å². The molecule has 0 spiro atoms. The van der Waals surface area contributed by atoms with Crippen molar-refractivity contribution in [3.63, 3.8) is 0 Å². The second-order valence-corrected chi connectivity index (χ2v) is 4.19. The summed E-state index contributed by atoms with van der Waals surface area (Å²) in [7, 11) is 0. The van der Waals surface area contributed by atoms with Crippen molar-refractivity contribution in [1.29, 1.82) is 0 Å². The van der Waals surface area contributed by atoms with Crippen molar-refractivity contribution in [1.82, 2.24) is 0 Å². The molecule has 0 bridgehead atoms. The van der Waals surface area contributed by atoms with Gasteiger partial charge in [-0.2, -0.15) is 13.2 Å². The van der Waals surface area contributed by atoms with Crippen LogP contribution in [0.1, 0.15) is 5.56 Å². The Kier molecular flexibility index (Phi) is 3.89. The Morgan fingerprint density at radius 3 is 2.45 bits per heavy atom. The highest BCUT2D eigenvalue weighted by atomic mass is 19.4. The highest BCUT2D eigenvalue weighted by molar-refractivity contribution is 5.61. The zero-order chi connectivity index (χ0) is 16.5. The van der Waals surface area contributed by atoms with E-state index in [2.05, 4.69) is 0 Å². The molecule has 2 aromatic carbocycles. The Morgan fingerprint density at radius 1 is 1.18 bits per heavy atom. The van der Waals surface area contributed by atoms with E-state index in [1.165, 1.54) is 0 Å². The fourth-order valence-electron chi connectivity index (χ4n) is 1.70. The number of ether oxygens (including phenoxy) is 1. The number of nitrogen functional groups attached to an aromatic ring is 1. The third-order valence-electron chi connectivity index (χ3n) is 2.69. The number of nitro benzene ring substituents is 1. The summed E-state index contributed by atoms with van der Waals surface area (Å²) in [5.74, 6) is -2.64. The van der Waals surface area contributed by atoms with E-state index < -0.39 is 33.9 Å². The van der Waals surface area contributed by atoms with E-state index >= 15 is 0 Å². The van der Waals surface area contributed by atoms with Crippen molar-refractivity contribution < 1.29 is 27.2 Å². The van der Waals surface area contributed by atoms with Crippen LogP contribution in [-0.4, -0.2) is 4.92 Å². The van der Waals surface area contributed by atoms with E-state index in [0.717, 1.165) is 30.3 Å². The quantitative estimate of drug-likeness (QED) is 0.400. The number of hydrogen-bond donors (Lipinski definition) is 1. The van der Waals surface area contributed by atoms with Crippen LogP contribution in [0.25, 0.3) is 0 Å². The van der Waals surface area contributed by atoms with Crippen LogP contribution in [0.15, 0.2) is 36.4 Å². The first-order valence-corrected chi connectivity index (χ1v) is 5.77. The van der Waals surface area contributed by atoms with Crippen molar-refractivity contribution in [2.75, 3.05) is 5.73 Å². The maximum Gasteiger partial charge on any atom is 0.420 e. The van der Waals surface area contributed by atoms with E-state index in [-0.39, 0.29) is 11.4 Å². The Labute approximate surface area is 121 Å². The van der Waals surface area contributed by atoms with Crippen LogP contribution in [0.2, 0.25) is 0 Å². The molecule has 0 aliphatic rings. The minimum Gasteiger partial charge on any atom is -0.453 e. The van der Waals surface area contributed by atoms with Crippen LogP contribution in [0.3, 0.4) is 0 Å². The summed E-state index contributed by atoms with van der Waals surface area (Å²) in [6, 6.07) is 5.33. The molecule has 0 heterocycles. The second kappa shape index (κ2) is 5.51. The van der Waals surface area contributed by atoms with Crippen LogP contribution < -0.4 is 10.5 Å². The smallest absolute Gasteiger partial charge is 0.420 e. The molecule has 0 aromatic heterocycles. The normalized spacial score (nSPS) is 11.3. The summed E-state index contributed by atoms with van der Waals surface area (Å²) >= 11 is 0. The number of halogens is 4. The number of nitro groups is 1. The molecule has 116 valence electrons. The Balaban J connectivity index is 2.48. The number of para-hydroxylation sites is 1. The minimum atomic E-state index is -4.84. The molecule has 0 aliphatic carbocycles. The SMILES string of the molecule is Nc1ccc(Oc2c(F)cccc2C(F)(F)F)cc1[N+](=O)[O-]. The van der Waals surface area contributed by atoms with Gasteiger partial charge in [-0.25, -0.2) is 4.39 Å². The molecular formula is C13H8F4N2O3. The number of benzene rings is 2. The molecule has 0 amide bonds. The first-order chi connectivity index (χ1) is 10.2. The maximum absolute atomic E-state index is 13.6. The summed E-state index contributed by atoms with van der Waals surface area (Å²) in [6.07, 6.45) is -4.84. The summed E-state index contributed by atoms with van der Waals surface area (Å²) in [5, 5.41) is 10.7. The van der Waals surface area contributed by atoms with Gasteiger partial charge in [-0.05, 0) is 24.3 Å². The molecule has 2 aromatic rings. The average Bonchev–Trinajstić information content (AvgIpc) is 2.41. The van der Waals surface area contributed by atoms with Gasteiger partial charge in [0, 0.05) is 0 Å². The van der Waals surface area contributed by atoms with Crippen molar-refractivity contribution in [2.24, 2.45) is 0 Å². The van der Waals surface area contributed by atoms with Gasteiger partial charge in [0.05, 0.1) is 11.0 Å². The van der Waals surface area contributed by atoms with E-state index in [9.17, 15) is 27.7 Å². The molecule has 5 nitrogen and oxygen atoms in total. The van der Waals surface area contributed by atoms with Gasteiger partial charge in [0.15, 0.2) is 11.6 Å². The van der Waals surface area contributed by atoms with E-state index in [1.54, 1.807) is 0 Å². The average molecular weight is 316 g/mol. The summed E-state index contributed by atoms with van der Waals surface area (Å²) in [4.78, 5) is 9.91. The highest BCUT2D eigenvalue weighted by Crippen LogP contribution is 2.40. The minimum absolute atomic E-state index is 0.193. The monoisotopic (exact) mass is 316 g/mol. The van der Waals surface area contributed by atoms with E-state index in [1.807, 2.05) is 0 Å². The summed E-state index contributed by atoms with van der Waals surface area (Å²) in [5.41, 5.74) is 3.29. The van der Waals surface area contributed by atoms with Gasteiger partial charge in [-0.3, -0.25) is 10.1 Å². The molecule has 0 radical (unpaired) electrons. The molecule has 0 fully saturated rings. The van der Waals surface area contributed by atoms with Gasteiger partial charge in [-0.1, -0.05) is 6.07 Å². The van der Waals surface area contributed by atoms with E-state index in [4.69, 9.17) is 10.5 Å². The lowest BCUT2D eigenvalue weighted by atomic mass is 10.2. The number of rotatable bonds is 3. The first kappa shape index (κ1) is 15.5. The Hall–Kier alpha value is -2.84. The lowest BCUT2D eigenvalue weighted by Crippen LogP contribution is -2.08. The van der Waals surface area contributed by atoms with Crippen LogP contribution in [-0.2, 0) is 6.18 Å². The predicted molar refractivity (Wildman–Crippen MR) is 69.0 cm³/mol. The van der Waals surface area contributed by atoms with Crippen molar-refractivity contribution in [3.05, 3.63) is 57.9 Å². The Morgan fingerprint density at radius 2 is 1.86 bits per heavy atom. The molecule has 0 saturated carbocycles. The lowest BCUT2D eigenvalue weighted by Gasteiger charge is -2.14. The zero-order valence-corrected chi connectivity index (χ0v) is 10.7. The highest BCUT2D eigenvalue weighted by Gasteiger charge is 2.36. The zero-order valence-electron chi connectivity index (χ0n) is 10.7. The molecule has 22 heavy (non-hydrogen) atoms. The topological polar surface area (TPSA) is 78.4 Å². The number of nitrogens with zero attached hydrogens (tertiary/aromatic N) is 1. The fourth-order valence-corrected chi connectivity index (χ4v) is 1.70. The molecule has 0 aliphatic heterocycles. The van der Waals surface area contributed by atoms with E-state index in [0.29, 0.717) is 6.07 Å². The fraction of sp³-hybridized carbons (Fsp3) is 0.0769. The third-order valence-corrected chi connectivity index (χ3v) is 2.69. The molecule has 2 rings (SSSR count). The van der Waals surface area contributed by atoms with Gasteiger partial charge in [0.25, 0.3) is 5.69 Å². The second-order valence-electron chi connectivity index (χ2n) is 4.19. The predicted octanol–water partition coefficient (Wildman–Crippen LogP) is 4.13. The van der Waals surface area contributed by atoms with Gasteiger partial charge in [0.2, 0.25) is 0 Å². The molecule has 0 unspecified atom stereocenters. The molecule has 2 N–H and O–H groups in total. The standard InChI is InChI=1S/C13H8F4N2O3/c14-9-3-1-2-8(13(15,16)17)12(9)22-7-4-5-10(18)11(6-7)19(20)21/h1-6H,18H2. The lowest BCUT2D eigenvalue weighted by molar-refractivity contribution is -0.384. The number of alkyl halides is 3. The first-order valence-electron chi connectivity index (χ1n) is 5.77. The van der Waals surface area contributed by atoms with Gasteiger partial charge in [-0.15, -0.1) is 0 Å². The van der Waals surface area contributed by atoms with Crippen LogP contribution >= 0.6 is 0 Å². The largest absolute Gasteiger partial charge is 0.453 e. The van der Waals surface area contributed by atoms with Crippen LogP contribution in [0.4, 0.5) is 28.9 Å². The van der Waals surface area contributed by atoms with Crippen LogP contribution in [0.5, 0.6) is 11.5 Å². The van der Waals surface area contributed by atoms with Gasteiger partial charge >= 0.3 is 6.18 Å². The molecule has 9 heteroatoms. The van der Waals surface area contributed by atoms with Gasteiger partial charge < -0.3 is 10.5 Å².